The van der Waals surface area contributed by atoms with Crippen LogP contribution in [0.2, 0.25) is 0 Å². The fraction of sp³-hybridized carbons (Fsp3) is 0.235. The van der Waals surface area contributed by atoms with E-state index in [0.29, 0.717) is 17.9 Å². The molecule has 0 heterocycles. The Kier molecular flexibility index (Phi) is 4.48. The number of carbonyl (C=O) groups excluding carboxylic acids is 1. The average Bonchev–Trinajstić information content (AvgIpc) is 2.42. The van der Waals surface area contributed by atoms with Crippen molar-refractivity contribution < 1.29 is 9.53 Å². The highest BCUT2D eigenvalue weighted by Gasteiger charge is 2.11. The SMILES string of the molecule is CCOc1ccc(NC(=O)c2ccc(N)cc2C)c(C)c1. The molecule has 0 fully saturated rings. The number of aryl methyl sites for hydroxylation is 2. The minimum absolute atomic E-state index is 0.139. The third-order valence-electron chi connectivity index (χ3n) is 3.25. The molecule has 0 unspecified atom stereocenters. The van der Waals surface area contributed by atoms with E-state index in [4.69, 9.17) is 10.5 Å². The van der Waals surface area contributed by atoms with E-state index in [1.807, 2.05) is 39.0 Å². The first-order valence-corrected chi connectivity index (χ1v) is 6.92. The molecule has 0 bridgehead atoms. The predicted octanol–water partition coefficient (Wildman–Crippen LogP) is 3.54. The van der Waals surface area contributed by atoms with Crippen molar-refractivity contribution in [2.45, 2.75) is 20.8 Å². The van der Waals surface area contributed by atoms with Crippen molar-refractivity contribution in [2.24, 2.45) is 0 Å². The van der Waals surface area contributed by atoms with E-state index in [9.17, 15) is 4.79 Å². The van der Waals surface area contributed by atoms with Gasteiger partial charge >= 0.3 is 0 Å². The van der Waals surface area contributed by atoms with Gasteiger partial charge in [-0.25, -0.2) is 0 Å². The Bertz CT molecular complexity index is 666. The highest BCUT2D eigenvalue weighted by atomic mass is 16.5. The number of amides is 1. The molecule has 0 saturated heterocycles. The van der Waals surface area contributed by atoms with Gasteiger partial charge in [0.1, 0.15) is 5.75 Å². The van der Waals surface area contributed by atoms with Gasteiger partial charge in [-0.3, -0.25) is 4.79 Å². The number of rotatable bonds is 4. The lowest BCUT2D eigenvalue weighted by molar-refractivity contribution is 0.102. The monoisotopic (exact) mass is 284 g/mol. The van der Waals surface area contributed by atoms with E-state index in [1.54, 1.807) is 18.2 Å². The maximum absolute atomic E-state index is 12.3. The summed E-state index contributed by atoms with van der Waals surface area (Å²) in [6.07, 6.45) is 0. The summed E-state index contributed by atoms with van der Waals surface area (Å²) in [5.74, 6) is 0.663. The molecular weight excluding hydrogens is 264 g/mol. The molecule has 21 heavy (non-hydrogen) atoms. The van der Waals surface area contributed by atoms with E-state index in [-0.39, 0.29) is 5.91 Å². The number of ether oxygens (including phenoxy) is 1. The van der Waals surface area contributed by atoms with E-state index in [1.165, 1.54) is 0 Å². The molecule has 2 rings (SSSR count). The molecule has 110 valence electrons. The second-order valence-corrected chi connectivity index (χ2v) is 4.94. The van der Waals surface area contributed by atoms with Gasteiger partial charge in [0.2, 0.25) is 0 Å². The molecule has 4 nitrogen and oxygen atoms in total. The smallest absolute Gasteiger partial charge is 0.255 e. The van der Waals surface area contributed by atoms with Crippen LogP contribution in [0.3, 0.4) is 0 Å². The van der Waals surface area contributed by atoms with Crippen molar-refractivity contribution in [1.82, 2.24) is 0 Å². The Labute approximate surface area is 124 Å². The van der Waals surface area contributed by atoms with Crippen LogP contribution in [0.15, 0.2) is 36.4 Å². The Morgan fingerprint density at radius 3 is 2.52 bits per heavy atom. The fourth-order valence-electron chi connectivity index (χ4n) is 2.16. The highest BCUT2D eigenvalue weighted by Crippen LogP contribution is 2.22. The zero-order chi connectivity index (χ0) is 15.4. The minimum Gasteiger partial charge on any atom is -0.494 e. The molecule has 0 aromatic heterocycles. The molecule has 0 aliphatic rings. The first kappa shape index (κ1) is 14.9. The number of anilines is 2. The van der Waals surface area contributed by atoms with Crippen LogP contribution in [0.1, 0.15) is 28.4 Å². The molecular formula is C17H20N2O2. The van der Waals surface area contributed by atoms with Crippen LogP contribution < -0.4 is 15.8 Å². The van der Waals surface area contributed by atoms with E-state index in [0.717, 1.165) is 22.6 Å². The average molecular weight is 284 g/mol. The molecule has 0 atom stereocenters. The van der Waals surface area contributed by atoms with E-state index >= 15 is 0 Å². The second kappa shape index (κ2) is 6.31. The van der Waals surface area contributed by atoms with Crippen LogP contribution in [0.4, 0.5) is 11.4 Å². The molecule has 3 N–H and O–H groups in total. The number of hydrogen-bond donors (Lipinski definition) is 2. The Balaban J connectivity index is 2.19. The number of nitrogen functional groups attached to an aromatic ring is 1. The number of nitrogens with one attached hydrogen (secondary N) is 1. The second-order valence-electron chi connectivity index (χ2n) is 4.94. The summed E-state index contributed by atoms with van der Waals surface area (Å²) in [5.41, 5.74) is 9.58. The first-order valence-electron chi connectivity index (χ1n) is 6.92. The number of benzene rings is 2. The van der Waals surface area contributed by atoms with Crippen LogP contribution in [0.5, 0.6) is 5.75 Å². The maximum Gasteiger partial charge on any atom is 0.255 e. The number of carbonyl (C=O) groups is 1. The Morgan fingerprint density at radius 1 is 1.14 bits per heavy atom. The molecule has 4 heteroatoms. The van der Waals surface area contributed by atoms with Gasteiger partial charge < -0.3 is 15.8 Å². The van der Waals surface area contributed by atoms with Crippen molar-refractivity contribution in [3.8, 4) is 5.75 Å². The molecule has 0 saturated carbocycles. The van der Waals surface area contributed by atoms with Gasteiger partial charge in [-0.2, -0.15) is 0 Å². The normalized spacial score (nSPS) is 10.2. The molecule has 2 aromatic carbocycles. The molecule has 0 aliphatic heterocycles. The van der Waals surface area contributed by atoms with Crippen molar-refractivity contribution in [2.75, 3.05) is 17.7 Å². The van der Waals surface area contributed by atoms with Crippen LogP contribution in [0, 0.1) is 13.8 Å². The summed E-state index contributed by atoms with van der Waals surface area (Å²) in [4.78, 5) is 12.3. The van der Waals surface area contributed by atoms with Crippen molar-refractivity contribution in [1.29, 1.82) is 0 Å². The summed E-state index contributed by atoms with van der Waals surface area (Å²) in [7, 11) is 0. The molecule has 0 aliphatic carbocycles. The number of nitrogens with two attached hydrogens (primary N) is 1. The van der Waals surface area contributed by atoms with E-state index < -0.39 is 0 Å². The molecule has 2 aromatic rings. The van der Waals surface area contributed by atoms with Crippen molar-refractivity contribution >= 4 is 17.3 Å². The van der Waals surface area contributed by atoms with Gasteiger partial charge in [0.05, 0.1) is 6.61 Å². The van der Waals surface area contributed by atoms with Gasteiger partial charge in [0.25, 0.3) is 5.91 Å². The third-order valence-corrected chi connectivity index (χ3v) is 3.25. The lowest BCUT2D eigenvalue weighted by Gasteiger charge is -2.12. The van der Waals surface area contributed by atoms with Gasteiger partial charge in [-0.15, -0.1) is 0 Å². The summed E-state index contributed by atoms with van der Waals surface area (Å²) in [6, 6.07) is 10.9. The lowest BCUT2D eigenvalue weighted by Crippen LogP contribution is -2.14. The minimum atomic E-state index is -0.139. The molecule has 0 spiro atoms. The van der Waals surface area contributed by atoms with Gasteiger partial charge in [0.15, 0.2) is 0 Å². The summed E-state index contributed by atoms with van der Waals surface area (Å²) < 4.78 is 5.44. The van der Waals surface area contributed by atoms with Crippen LogP contribution >= 0.6 is 0 Å². The number of hydrogen-bond acceptors (Lipinski definition) is 3. The lowest BCUT2D eigenvalue weighted by atomic mass is 10.1. The zero-order valence-corrected chi connectivity index (χ0v) is 12.6. The molecule has 1 amide bonds. The third kappa shape index (κ3) is 3.54. The Morgan fingerprint density at radius 2 is 1.90 bits per heavy atom. The quantitative estimate of drug-likeness (QED) is 0.844. The fourth-order valence-corrected chi connectivity index (χ4v) is 2.16. The first-order chi connectivity index (χ1) is 10.0. The molecule has 0 radical (unpaired) electrons. The Hall–Kier alpha value is -2.49. The van der Waals surface area contributed by atoms with Crippen molar-refractivity contribution in [3.63, 3.8) is 0 Å². The summed E-state index contributed by atoms with van der Waals surface area (Å²) in [5, 5.41) is 2.92. The largest absolute Gasteiger partial charge is 0.494 e. The van der Waals surface area contributed by atoms with Crippen LogP contribution in [-0.4, -0.2) is 12.5 Å². The van der Waals surface area contributed by atoms with Crippen LogP contribution in [0.25, 0.3) is 0 Å². The van der Waals surface area contributed by atoms with Crippen LogP contribution in [-0.2, 0) is 0 Å². The summed E-state index contributed by atoms with van der Waals surface area (Å²) >= 11 is 0. The summed E-state index contributed by atoms with van der Waals surface area (Å²) in [6.45, 7) is 6.37. The zero-order valence-electron chi connectivity index (χ0n) is 12.6. The van der Waals surface area contributed by atoms with Crippen molar-refractivity contribution in [3.05, 3.63) is 53.1 Å². The topological polar surface area (TPSA) is 64.3 Å². The maximum atomic E-state index is 12.3. The standard InChI is InChI=1S/C17H20N2O2/c1-4-21-14-6-8-16(12(3)10-14)19-17(20)15-7-5-13(18)9-11(15)2/h5-10H,4,18H2,1-3H3,(H,19,20). The van der Waals surface area contributed by atoms with Gasteiger partial charge in [-0.05, 0) is 68.3 Å². The predicted molar refractivity (Wildman–Crippen MR) is 85.9 cm³/mol. The van der Waals surface area contributed by atoms with E-state index in [2.05, 4.69) is 5.32 Å². The highest BCUT2D eigenvalue weighted by molar-refractivity contribution is 6.05. The van der Waals surface area contributed by atoms with Gasteiger partial charge in [-0.1, -0.05) is 0 Å². The van der Waals surface area contributed by atoms with Gasteiger partial charge in [0, 0.05) is 16.9 Å².